The fourth-order valence-electron chi connectivity index (χ4n) is 1.76. The number of nitrogens with one attached hydrogen (secondary N) is 1. The normalized spacial score (nSPS) is 12.5. The molecule has 1 unspecified atom stereocenters. The second kappa shape index (κ2) is 6.54. The Labute approximate surface area is 112 Å². The molecule has 0 saturated heterocycles. The van der Waals surface area contributed by atoms with E-state index in [1.54, 1.807) is 0 Å². The number of hydrogen-bond donors (Lipinski definition) is 1. The van der Waals surface area contributed by atoms with Crippen LogP contribution < -0.4 is 0 Å². The number of ether oxygens (including phenoxy) is 1. The Balaban J connectivity index is 1.97. The zero-order valence-electron chi connectivity index (χ0n) is 10.7. The van der Waals surface area contributed by atoms with Crippen molar-refractivity contribution in [2.45, 2.75) is 19.4 Å². The van der Waals surface area contributed by atoms with E-state index < -0.39 is 0 Å². The van der Waals surface area contributed by atoms with Crippen molar-refractivity contribution in [3.63, 3.8) is 0 Å². The molecule has 0 bridgehead atoms. The summed E-state index contributed by atoms with van der Waals surface area (Å²) in [4.78, 5) is 10.2. The Morgan fingerprint density at radius 3 is 2.84 bits per heavy atom. The Hall–Kier alpha value is -2.36. The van der Waals surface area contributed by atoms with Crippen LogP contribution in [0.15, 0.2) is 36.4 Å². The van der Waals surface area contributed by atoms with Crippen molar-refractivity contribution in [1.82, 2.24) is 10.2 Å². The van der Waals surface area contributed by atoms with Gasteiger partial charge in [0.05, 0.1) is 11.4 Å². The highest BCUT2D eigenvalue weighted by atomic mass is 16.5. The van der Waals surface area contributed by atoms with E-state index in [0.29, 0.717) is 12.9 Å². The molecule has 1 atom stereocenters. The Morgan fingerprint density at radius 1 is 1.32 bits per heavy atom. The third-order valence-corrected chi connectivity index (χ3v) is 2.69. The van der Waals surface area contributed by atoms with Gasteiger partial charge in [-0.3, -0.25) is 9.89 Å². The minimum atomic E-state index is -0.160. The lowest BCUT2D eigenvalue weighted by atomic mass is 10.2. The molecule has 0 aliphatic carbocycles. The summed E-state index contributed by atoms with van der Waals surface area (Å²) >= 11 is 0. The number of benzene rings is 1. The largest absolute Gasteiger partial charge is 0.464 e. The molecule has 4 heteroatoms. The first-order valence-electron chi connectivity index (χ1n) is 6.14. The molecule has 0 aliphatic rings. The number of hydrogen-bond acceptors (Lipinski definition) is 3. The summed E-state index contributed by atoms with van der Waals surface area (Å²) in [6.07, 6.45) is 4.43. The fraction of sp³-hybridized carbons (Fsp3) is 0.200. The summed E-state index contributed by atoms with van der Waals surface area (Å²) in [5, 5.41) is 7.12. The molecule has 1 aromatic heterocycles. The smallest absolute Gasteiger partial charge is 0.293 e. The average molecular weight is 256 g/mol. The van der Waals surface area contributed by atoms with E-state index in [1.807, 2.05) is 55.5 Å². The molecule has 19 heavy (non-hydrogen) atoms. The van der Waals surface area contributed by atoms with Crippen LogP contribution in [0.1, 0.15) is 23.9 Å². The first-order valence-corrected chi connectivity index (χ1v) is 6.14. The van der Waals surface area contributed by atoms with Crippen molar-refractivity contribution in [3.8, 4) is 0 Å². The Bertz CT molecular complexity index is 546. The summed E-state index contributed by atoms with van der Waals surface area (Å²) in [5.74, 6) is 0. The maximum absolute atomic E-state index is 10.2. The molecule has 2 rings (SSSR count). The second-order valence-electron chi connectivity index (χ2n) is 4.31. The zero-order valence-corrected chi connectivity index (χ0v) is 10.7. The van der Waals surface area contributed by atoms with Gasteiger partial charge in [0.15, 0.2) is 0 Å². The van der Waals surface area contributed by atoms with Gasteiger partial charge in [0.2, 0.25) is 0 Å². The number of nitrogens with zero attached hydrogens (tertiary/aromatic N) is 1. The van der Waals surface area contributed by atoms with E-state index >= 15 is 0 Å². The third kappa shape index (κ3) is 4.10. The third-order valence-electron chi connectivity index (χ3n) is 2.69. The highest BCUT2D eigenvalue weighted by Crippen LogP contribution is 2.09. The molecule has 0 saturated carbocycles. The molecular formula is C15H16N2O2. The minimum absolute atomic E-state index is 0.160. The van der Waals surface area contributed by atoms with E-state index in [0.717, 1.165) is 17.0 Å². The molecule has 1 aromatic carbocycles. The van der Waals surface area contributed by atoms with Crippen LogP contribution in [0.4, 0.5) is 0 Å². The van der Waals surface area contributed by atoms with E-state index in [1.165, 1.54) is 0 Å². The van der Waals surface area contributed by atoms with Gasteiger partial charge in [-0.15, -0.1) is 0 Å². The van der Waals surface area contributed by atoms with Gasteiger partial charge in [0.25, 0.3) is 6.47 Å². The van der Waals surface area contributed by atoms with E-state index in [-0.39, 0.29) is 6.10 Å². The van der Waals surface area contributed by atoms with Gasteiger partial charge in [-0.2, -0.15) is 5.10 Å². The fourth-order valence-corrected chi connectivity index (χ4v) is 1.76. The molecule has 0 amide bonds. The number of H-pyrrole nitrogens is 1. The molecule has 1 heterocycles. The van der Waals surface area contributed by atoms with Gasteiger partial charge in [-0.1, -0.05) is 36.4 Å². The van der Waals surface area contributed by atoms with Crippen molar-refractivity contribution in [2.75, 3.05) is 0 Å². The number of carbonyl (C=O) groups excluding carboxylic acids is 1. The highest BCUT2D eigenvalue weighted by molar-refractivity contribution is 5.67. The van der Waals surface area contributed by atoms with Crippen LogP contribution >= 0.6 is 0 Å². The van der Waals surface area contributed by atoms with Crippen molar-refractivity contribution in [2.24, 2.45) is 0 Å². The molecule has 2 aromatic rings. The average Bonchev–Trinajstić information content (AvgIpc) is 2.85. The van der Waals surface area contributed by atoms with E-state index in [9.17, 15) is 4.79 Å². The van der Waals surface area contributed by atoms with Gasteiger partial charge >= 0.3 is 0 Å². The quantitative estimate of drug-likeness (QED) is 0.808. The Kier molecular flexibility index (Phi) is 4.50. The van der Waals surface area contributed by atoms with E-state index in [2.05, 4.69) is 10.2 Å². The molecular weight excluding hydrogens is 240 g/mol. The molecule has 4 nitrogen and oxygen atoms in total. The highest BCUT2D eigenvalue weighted by Gasteiger charge is 2.06. The zero-order chi connectivity index (χ0) is 13.5. The maximum atomic E-state index is 10.2. The van der Waals surface area contributed by atoms with Crippen LogP contribution in [0.25, 0.3) is 12.2 Å². The molecule has 1 N–H and O–H groups in total. The number of carbonyl (C=O) groups is 1. The second-order valence-corrected chi connectivity index (χ2v) is 4.31. The topological polar surface area (TPSA) is 55.0 Å². The lowest BCUT2D eigenvalue weighted by Crippen LogP contribution is -2.10. The Morgan fingerprint density at radius 2 is 2.11 bits per heavy atom. The number of aromatic amines is 1. The van der Waals surface area contributed by atoms with Gasteiger partial charge < -0.3 is 4.74 Å². The first-order chi connectivity index (χ1) is 9.28. The minimum Gasteiger partial charge on any atom is -0.464 e. The monoisotopic (exact) mass is 256 g/mol. The van der Waals surface area contributed by atoms with Crippen LogP contribution in [-0.4, -0.2) is 22.8 Å². The molecule has 0 aliphatic heterocycles. The van der Waals surface area contributed by atoms with Crippen LogP contribution in [0.3, 0.4) is 0 Å². The molecule has 0 spiro atoms. The van der Waals surface area contributed by atoms with Gasteiger partial charge in [-0.25, -0.2) is 0 Å². The first kappa shape index (κ1) is 13.1. The molecule has 0 fully saturated rings. The molecule has 0 radical (unpaired) electrons. The number of rotatable bonds is 6. The SMILES string of the molecule is CC(Cc1cc(C=Cc2ccccc2)[nH]n1)OC=O. The van der Waals surface area contributed by atoms with Crippen molar-refractivity contribution >= 4 is 18.6 Å². The van der Waals surface area contributed by atoms with Crippen molar-refractivity contribution < 1.29 is 9.53 Å². The lowest BCUT2D eigenvalue weighted by Gasteiger charge is -2.05. The summed E-state index contributed by atoms with van der Waals surface area (Å²) in [6.45, 7) is 2.30. The summed E-state index contributed by atoms with van der Waals surface area (Å²) in [6, 6.07) is 12.0. The van der Waals surface area contributed by atoms with Crippen molar-refractivity contribution in [3.05, 3.63) is 53.3 Å². The predicted octanol–water partition coefficient (Wildman–Crippen LogP) is 2.68. The maximum Gasteiger partial charge on any atom is 0.293 e. The summed E-state index contributed by atoms with van der Waals surface area (Å²) < 4.78 is 4.83. The summed E-state index contributed by atoms with van der Waals surface area (Å²) in [7, 11) is 0. The number of aromatic nitrogens is 2. The predicted molar refractivity (Wildman–Crippen MR) is 74.3 cm³/mol. The van der Waals surface area contributed by atoms with Crippen LogP contribution in [-0.2, 0) is 16.0 Å². The van der Waals surface area contributed by atoms with Gasteiger partial charge in [-0.05, 0) is 24.6 Å². The van der Waals surface area contributed by atoms with E-state index in [4.69, 9.17) is 4.74 Å². The van der Waals surface area contributed by atoms with Crippen LogP contribution in [0.2, 0.25) is 0 Å². The summed E-state index contributed by atoms with van der Waals surface area (Å²) in [5.41, 5.74) is 2.94. The van der Waals surface area contributed by atoms with Gasteiger partial charge in [0.1, 0.15) is 6.10 Å². The van der Waals surface area contributed by atoms with Crippen LogP contribution in [0, 0.1) is 0 Å². The molecule has 98 valence electrons. The van der Waals surface area contributed by atoms with Gasteiger partial charge in [0, 0.05) is 6.42 Å². The standard InChI is InChI=1S/C15H16N2O2/c1-12(19-11-18)9-15-10-14(16-17-15)8-7-13-5-3-2-4-6-13/h2-8,10-12H,9H2,1H3,(H,16,17). The lowest BCUT2D eigenvalue weighted by molar-refractivity contribution is -0.132. The van der Waals surface area contributed by atoms with Crippen LogP contribution in [0.5, 0.6) is 0 Å². The van der Waals surface area contributed by atoms with Crippen molar-refractivity contribution in [1.29, 1.82) is 0 Å².